The van der Waals surface area contributed by atoms with Gasteiger partial charge in [0, 0.05) is 37.5 Å². The third-order valence-electron chi connectivity index (χ3n) is 9.32. The fraction of sp³-hybridized carbons (Fsp3) is 0.606. The van der Waals surface area contributed by atoms with Gasteiger partial charge in [-0.2, -0.15) is 0 Å². The van der Waals surface area contributed by atoms with E-state index in [1.54, 1.807) is 13.8 Å². The quantitative estimate of drug-likeness (QED) is 0.106. The highest BCUT2D eigenvalue weighted by Crippen LogP contribution is 2.33. The van der Waals surface area contributed by atoms with Gasteiger partial charge in [0.2, 0.25) is 17.6 Å². The number of hydrogen-bond acceptors (Lipinski definition) is 10. The molecule has 0 bridgehead atoms. The number of primary amides is 1. The highest BCUT2D eigenvalue weighted by atomic mass is 16.4. The molecule has 0 radical (unpaired) electrons. The molecule has 7 N–H and O–H groups in total. The standard InChI is InChI=1S/C33H47N9O8/c1-33(2,50)26-18-37-40-42(26)22-17-25(30(46)38-23(27(43)28(34)44)10-6-7-13-36-32(48)49)41(19-22)31(47)24(16-20-8-4-3-5-9-20)39-29(45)21-11-14-35-15-12-21/h11-12,14-15,18,20,22-25,36,50H,3-10,13,16-17,19H2,1-2H3,(H2,34,44)(H,38,46)(H,39,45)(H,48,49)/t22-,23?,24+,25-/m0/s1. The van der Waals surface area contributed by atoms with Crippen molar-refractivity contribution >= 4 is 35.5 Å². The minimum absolute atomic E-state index is 0.00285. The Morgan fingerprint density at radius 3 is 2.36 bits per heavy atom. The maximum atomic E-state index is 14.6. The van der Waals surface area contributed by atoms with Crippen molar-refractivity contribution in [3.63, 3.8) is 0 Å². The number of carbonyl (C=O) groups excluding carboxylic acids is 5. The van der Waals surface area contributed by atoms with Crippen LogP contribution in [0.1, 0.15) is 100 Å². The summed E-state index contributed by atoms with van der Waals surface area (Å²) in [5, 5.41) is 35.5. The predicted octanol–water partition coefficient (Wildman–Crippen LogP) is 0.789. The Morgan fingerprint density at radius 1 is 1.02 bits per heavy atom. The smallest absolute Gasteiger partial charge is 0.404 e. The Kier molecular flexibility index (Phi) is 13.0. The second-order valence-electron chi connectivity index (χ2n) is 13.5. The van der Waals surface area contributed by atoms with Gasteiger partial charge < -0.3 is 36.8 Å². The highest BCUT2D eigenvalue weighted by molar-refractivity contribution is 6.37. The molecule has 2 aromatic rings. The average Bonchev–Trinajstić information content (AvgIpc) is 3.76. The van der Waals surface area contributed by atoms with Crippen LogP contribution in [0.5, 0.6) is 0 Å². The van der Waals surface area contributed by atoms with Crippen LogP contribution in [-0.4, -0.2) is 102 Å². The van der Waals surface area contributed by atoms with Crippen LogP contribution in [-0.2, 0) is 24.8 Å². The maximum absolute atomic E-state index is 14.6. The molecule has 1 saturated heterocycles. The lowest BCUT2D eigenvalue weighted by Gasteiger charge is -2.32. The average molecular weight is 698 g/mol. The number of amides is 5. The number of ketones is 1. The van der Waals surface area contributed by atoms with E-state index >= 15 is 0 Å². The number of nitrogens with one attached hydrogen (secondary N) is 3. The second-order valence-corrected chi connectivity index (χ2v) is 13.5. The van der Waals surface area contributed by atoms with E-state index in [-0.39, 0.29) is 38.3 Å². The number of likely N-dealkylation sites (tertiary alicyclic amines) is 1. The van der Waals surface area contributed by atoms with Crippen molar-refractivity contribution in [2.24, 2.45) is 11.7 Å². The number of carboxylic acid groups (broad SMARTS) is 1. The number of hydrogen-bond donors (Lipinski definition) is 6. The summed E-state index contributed by atoms with van der Waals surface area (Å²) < 4.78 is 1.47. The minimum atomic E-state index is -1.35. The SMILES string of the molecule is CC(C)(O)c1cnnn1[C@H]1C[C@@H](C(=O)NC(CCCCNC(=O)O)C(=O)C(N)=O)N(C(=O)[C@@H](CC2CCCCC2)NC(=O)c2ccncc2)C1. The first-order chi connectivity index (χ1) is 23.8. The highest BCUT2D eigenvalue weighted by Gasteiger charge is 2.45. The number of aromatic nitrogens is 4. The zero-order valence-corrected chi connectivity index (χ0v) is 28.4. The molecule has 1 aliphatic heterocycles. The molecule has 1 saturated carbocycles. The van der Waals surface area contributed by atoms with Gasteiger partial charge in [-0.05, 0) is 57.6 Å². The molecule has 5 amide bonds. The molecule has 0 spiro atoms. The van der Waals surface area contributed by atoms with Gasteiger partial charge in [-0.15, -0.1) is 5.10 Å². The molecule has 17 heteroatoms. The van der Waals surface area contributed by atoms with Gasteiger partial charge >= 0.3 is 6.09 Å². The van der Waals surface area contributed by atoms with Crippen molar-refractivity contribution in [2.45, 2.75) is 108 Å². The Labute approximate surface area is 289 Å². The summed E-state index contributed by atoms with van der Waals surface area (Å²) in [6.45, 7) is 3.20. The van der Waals surface area contributed by atoms with Gasteiger partial charge in [-0.25, -0.2) is 9.48 Å². The number of nitrogens with zero attached hydrogens (tertiary/aromatic N) is 5. The molecule has 2 aromatic heterocycles. The Hall–Kier alpha value is -4.93. The third-order valence-corrected chi connectivity index (χ3v) is 9.32. The number of pyridine rings is 1. The lowest BCUT2D eigenvalue weighted by molar-refractivity contribution is -0.142. The van der Waals surface area contributed by atoms with E-state index in [1.807, 2.05) is 0 Å². The molecular weight excluding hydrogens is 650 g/mol. The van der Waals surface area contributed by atoms with E-state index in [1.165, 1.54) is 40.3 Å². The van der Waals surface area contributed by atoms with Crippen molar-refractivity contribution in [3.8, 4) is 0 Å². The first-order valence-electron chi connectivity index (χ1n) is 17.0. The molecule has 0 aromatic carbocycles. The summed E-state index contributed by atoms with van der Waals surface area (Å²) >= 11 is 0. The lowest BCUT2D eigenvalue weighted by Crippen LogP contribution is -2.56. The second kappa shape index (κ2) is 17.1. The Balaban J connectivity index is 1.63. The first kappa shape index (κ1) is 37.9. The molecule has 272 valence electrons. The topological polar surface area (TPSA) is 252 Å². The molecule has 4 rings (SSSR count). The fourth-order valence-corrected chi connectivity index (χ4v) is 6.73. The monoisotopic (exact) mass is 697 g/mol. The minimum Gasteiger partial charge on any atom is -0.465 e. The molecular formula is C33H47N9O8. The summed E-state index contributed by atoms with van der Waals surface area (Å²) in [5.41, 5.74) is 4.62. The van der Waals surface area contributed by atoms with Crippen LogP contribution in [0, 0.1) is 5.92 Å². The zero-order chi connectivity index (χ0) is 36.4. The molecule has 17 nitrogen and oxygen atoms in total. The van der Waals surface area contributed by atoms with Crippen LogP contribution in [0.15, 0.2) is 30.7 Å². The molecule has 1 unspecified atom stereocenters. The van der Waals surface area contributed by atoms with Crippen molar-refractivity contribution < 1.29 is 39.0 Å². The van der Waals surface area contributed by atoms with Gasteiger partial charge in [0.05, 0.1) is 24.0 Å². The number of nitrogens with two attached hydrogens (primary N) is 1. The summed E-state index contributed by atoms with van der Waals surface area (Å²) in [6, 6.07) is -0.996. The normalized spacial score (nSPS) is 19.3. The van der Waals surface area contributed by atoms with E-state index in [0.29, 0.717) is 24.1 Å². The van der Waals surface area contributed by atoms with Crippen LogP contribution in [0.2, 0.25) is 0 Å². The predicted molar refractivity (Wildman–Crippen MR) is 177 cm³/mol. The van der Waals surface area contributed by atoms with Gasteiger partial charge in [0.1, 0.15) is 17.7 Å². The van der Waals surface area contributed by atoms with Gasteiger partial charge in [0.25, 0.3) is 11.8 Å². The summed E-state index contributed by atoms with van der Waals surface area (Å²) in [4.78, 5) is 82.7. The third kappa shape index (κ3) is 10.1. The van der Waals surface area contributed by atoms with Crippen LogP contribution in [0.25, 0.3) is 0 Å². The van der Waals surface area contributed by atoms with Crippen molar-refractivity contribution in [1.82, 2.24) is 40.8 Å². The van der Waals surface area contributed by atoms with E-state index in [4.69, 9.17) is 10.8 Å². The fourth-order valence-electron chi connectivity index (χ4n) is 6.73. The van der Waals surface area contributed by atoms with Crippen molar-refractivity contribution in [1.29, 1.82) is 0 Å². The molecule has 50 heavy (non-hydrogen) atoms. The largest absolute Gasteiger partial charge is 0.465 e. The van der Waals surface area contributed by atoms with Crippen LogP contribution in [0.3, 0.4) is 0 Å². The van der Waals surface area contributed by atoms with Crippen LogP contribution in [0.4, 0.5) is 4.79 Å². The van der Waals surface area contributed by atoms with Gasteiger partial charge in [-0.3, -0.25) is 29.0 Å². The first-order valence-corrected chi connectivity index (χ1v) is 17.0. The van der Waals surface area contributed by atoms with Crippen LogP contribution >= 0.6 is 0 Å². The van der Waals surface area contributed by atoms with E-state index < -0.39 is 65.3 Å². The molecule has 1 aliphatic carbocycles. The zero-order valence-electron chi connectivity index (χ0n) is 28.4. The molecule has 2 fully saturated rings. The van der Waals surface area contributed by atoms with E-state index in [0.717, 1.165) is 32.1 Å². The number of aliphatic hydroxyl groups is 1. The Morgan fingerprint density at radius 2 is 1.72 bits per heavy atom. The molecule has 4 atom stereocenters. The van der Waals surface area contributed by atoms with E-state index in [2.05, 4.69) is 31.2 Å². The molecule has 3 heterocycles. The number of Topliss-reactive ketones (excluding diaryl/α,β-unsaturated/α-hetero) is 1. The van der Waals surface area contributed by atoms with Gasteiger partial charge in [-0.1, -0.05) is 37.3 Å². The lowest BCUT2D eigenvalue weighted by atomic mass is 9.84. The summed E-state index contributed by atoms with van der Waals surface area (Å²) in [5.74, 6) is -3.79. The number of carbonyl (C=O) groups is 6. The Bertz CT molecular complexity index is 1520. The number of unbranched alkanes of at least 4 members (excludes halogenated alkanes) is 1. The maximum Gasteiger partial charge on any atom is 0.404 e. The van der Waals surface area contributed by atoms with Crippen molar-refractivity contribution in [3.05, 3.63) is 42.0 Å². The molecule has 2 aliphatic rings. The number of rotatable bonds is 16. The van der Waals surface area contributed by atoms with Gasteiger partial charge in [0.15, 0.2) is 0 Å². The summed E-state index contributed by atoms with van der Waals surface area (Å²) in [7, 11) is 0. The van der Waals surface area contributed by atoms with Crippen LogP contribution < -0.4 is 21.7 Å². The summed E-state index contributed by atoms with van der Waals surface area (Å²) in [6.07, 6.45) is 9.04. The van der Waals surface area contributed by atoms with Crippen molar-refractivity contribution in [2.75, 3.05) is 13.1 Å². The van der Waals surface area contributed by atoms with E-state index in [9.17, 15) is 33.9 Å².